The first kappa shape index (κ1) is 11.7. The zero-order valence-electron chi connectivity index (χ0n) is 11.0. The number of nitrogens with one attached hydrogen (secondary N) is 1. The van der Waals surface area contributed by atoms with Gasteiger partial charge in [0.15, 0.2) is 0 Å². The number of fused-ring (bicyclic) bond motifs is 2. The molecule has 0 spiro atoms. The van der Waals surface area contributed by atoms with Crippen molar-refractivity contribution >= 4 is 5.82 Å². The maximum atomic E-state index is 5.65. The minimum atomic E-state index is 0.510. The van der Waals surface area contributed by atoms with Crippen LogP contribution in [0.5, 0.6) is 5.88 Å². The van der Waals surface area contributed by atoms with E-state index in [4.69, 9.17) is 4.74 Å². The lowest BCUT2D eigenvalue weighted by molar-refractivity contribution is 0.261. The van der Waals surface area contributed by atoms with Crippen LogP contribution in [0.1, 0.15) is 20.3 Å². The van der Waals surface area contributed by atoms with Gasteiger partial charge in [0.1, 0.15) is 12.1 Å². The molecule has 0 amide bonds. The normalized spacial score (nSPS) is 26.1. The predicted octanol–water partition coefficient (Wildman–Crippen LogP) is 1.06. The summed E-state index contributed by atoms with van der Waals surface area (Å²) in [6.07, 6.45) is 2.83. The van der Waals surface area contributed by atoms with Crippen molar-refractivity contribution in [3.05, 3.63) is 12.4 Å². The van der Waals surface area contributed by atoms with Gasteiger partial charge in [-0.1, -0.05) is 13.8 Å². The molecule has 1 aromatic heterocycles. The molecule has 2 aliphatic heterocycles. The number of hydrogen-bond donors (Lipinski definition) is 1. The predicted molar refractivity (Wildman–Crippen MR) is 69.9 cm³/mol. The molecule has 98 valence electrons. The van der Waals surface area contributed by atoms with Crippen LogP contribution in [-0.2, 0) is 0 Å². The molecule has 0 aromatic carbocycles. The van der Waals surface area contributed by atoms with Crippen molar-refractivity contribution < 1.29 is 4.74 Å². The fraction of sp³-hybridized carbons (Fsp3) is 0.692. The molecular formula is C13H20N4O. The SMILES string of the molecule is CC(C)COc1cc(N2C[C@@H]3C[C@H]2CN3)ncn1. The maximum absolute atomic E-state index is 5.65. The zero-order valence-corrected chi connectivity index (χ0v) is 11.0. The fourth-order valence-electron chi connectivity index (χ4n) is 2.66. The third-order valence-electron chi connectivity index (χ3n) is 3.54. The third kappa shape index (κ3) is 2.27. The molecule has 18 heavy (non-hydrogen) atoms. The van der Waals surface area contributed by atoms with E-state index < -0.39 is 0 Å². The Morgan fingerprint density at radius 2 is 2.39 bits per heavy atom. The minimum Gasteiger partial charge on any atom is -0.477 e. The van der Waals surface area contributed by atoms with Gasteiger partial charge in [-0.15, -0.1) is 0 Å². The van der Waals surface area contributed by atoms with E-state index in [1.54, 1.807) is 6.33 Å². The lowest BCUT2D eigenvalue weighted by Gasteiger charge is -2.28. The number of nitrogens with zero attached hydrogens (tertiary/aromatic N) is 3. The van der Waals surface area contributed by atoms with Gasteiger partial charge in [-0.05, 0) is 12.3 Å². The summed E-state index contributed by atoms with van der Waals surface area (Å²) in [6, 6.07) is 3.18. The molecule has 2 bridgehead atoms. The van der Waals surface area contributed by atoms with Crippen LogP contribution in [0.15, 0.2) is 12.4 Å². The summed E-state index contributed by atoms with van der Waals surface area (Å²) in [7, 11) is 0. The molecule has 0 unspecified atom stereocenters. The van der Waals surface area contributed by atoms with Gasteiger partial charge in [0.05, 0.1) is 6.61 Å². The number of anilines is 1. The van der Waals surface area contributed by atoms with Gasteiger partial charge < -0.3 is 15.0 Å². The average molecular weight is 248 g/mol. The number of piperazine rings is 1. The topological polar surface area (TPSA) is 50.3 Å². The molecule has 5 nitrogen and oxygen atoms in total. The molecule has 0 saturated carbocycles. The second-order valence-corrected chi connectivity index (χ2v) is 5.57. The minimum absolute atomic E-state index is 0.510. The van der Waals surface area contributed by atoms with Crippen molar-refractivity contribution in [2.24, 2.45) is 5.92 Å². The van der Waals surface area contributed by atoms with Gasteiger partial charge in [-0.3, -0.25) is 0 Å². The number of hydrogen-bond acceptors (Lipinski definition) is 5. The van der Waals surface area contributed by atoms with Crippen LogP contribution in [0.4, 0.5) is 5.82 Å². The maximum Gasteiger partial charge on any atom is 0.218 e. The third-order valence-corrected chi connectivity index (χ3v) is 3.54. The Hall–Kier alpha value is -1.36. The van der Waals surface area contributed by atoms with E-state index in [0.717, 1.165) is 18.9 Å². The van der Waals surface area contributed by atoms with Crippen molar-refractivity contribution in [3.8, 4) is 5.88 Å². The van der Waals surface area contributed by atoms with Gasteiger partial charge in [-0.25, -0.2) is 9.97 Å². The standard InChI is InChI=1S/C13H20N4O/c1-9(2)7-18-13-4-12(15-8-16-13)17-6-10-3-11(17)5-14-10/h4,8-11,14H,3,5-7H2,1-2H3/t10-,11-/m0/s1. The Morgan fingerprint density at radius 3 is 3.06 bits per heavy atom. The molecule has 0 radical (unpaired) electrons. The van der Waals surface area contributed by atoms with E-state index in [-0.39, 0.29) is 0 Å². The molecule has 5 heteroatoms. The highest BCUT2D eigenvalue weighted by molar-refractivity contribution is 5.45. The van der Waals surface area contributed by atoms with Crippen LogP contribution in [0.25, 0.3) is 0 Å². The summed E-state index contributed by atoms with van der Waals surface area (Å²) < 4.78 is 5.65. The molecular weight excluding hydrogens is 228 g/mol. The van der Waals surface area contributed by atoms with Crippen LogP contribution in [0.2, 0.25) is 0 Å². The highest BCUT2D eigenvalue weighted by atomic mass is 16.5. The largest absolute Gasteiger partial charge is 0.477 e. The summed E-state index contributed by atoms with van der Waals surface area (Å²) in [6.45, 7) is 7.08. The molecule has 3 heterocycles. The molecule has 2 saturated heterocycles. The molecule has 1 aromatic rings. The lowest BCUT2D eigenvalue weighted by atomic mass is 10.2. The number of ether oxygens (including phenoxy) is 1. The van der Waals surface area contributed by atoms with E-state index in [2.05, 4.69) is 34.0 Å². The van der Waals surface area contributed by atoms with Crippen LogP contribution < -0.4 is 15.0 Å². The van der Waals surface area contributed by atoms with Crippen molar-refractivity contribution in [1.29, 1.82) is 0 Å². The summed E-state index contributed by atoms with van der Waals surface area (Å²) >= 11 is 0. The van der Waals surface area contributed by atoms with Gasteiger partial charge in [0.25, 0.3) is 0 Å². The summed E-state index contributed by atoms with van der Waals surface area (Å²) in [5, 5.41) is 3.49. The van der Waals surface area contributed by atoms with Gasteiger partial charge in [0.2, 0.25) is 5.88 Å². The van der Waals surface area contributed by atoms with Crippen molar-refractivity contribution in [1.82, 2.24) is 15.3 Å². The Kier molecular flexibility index (Phi) is 3.07. The van der Waals surface area contributed by atoms with E-state index in [1.165, 1.54) is 6.42 Å². The summed E-state index contributed by atoms with van der Waals surface area (Å²) in [5.41, 5.74) is 0. The van der Waals surface area contributed by atoms with E-state index in [0.29, 0.717) is 30.5 Å². The lowest BCUT2D eigenvalue weighted by Crippen LogP contribution is -2.44. The second-order valence-electron chi connectivity index (χ2n) is 5.57. The average Bonchev–Trinajstić information content (AvgIpc) is 2.99. The van der Waals surface area contributed by atoms with Crippen LogP contribution in [0, 0.1) is 5.92 Å². The monoisotopic (exact) mass is 248 g/mol. The van der Waals surface area contributed by atoms with Gasteiger partial charge in [0, 0.05) is 31.2 Å². The van der Waals surface area contributed by atoms with Crippen molar-refractivity contribution in [3.63, 3.8) is 0 Å². The van der Waals surface area contributed by atoms with E-state index >= 15 is 0 Å². The molecule has 0 aliphatic carbocycles. The van der Waals surface area contributed by atoms with Gasteiger partial charge in [-0.2, -0.15) is 0 Å². The zero-order chi connectivity index (χ0) is 12.5. The van der Waals surface area contributed by atoms with Crippen LogP contribution in [0.3, 0.4) is 0 Å². The van der Waals surface area contributed by atoms with Crippen molar-refractivity contribution in [2.75, 3.05) is 24.6 Å². The highest BCUT2D eigenvalue weighted by Crippen LogP contribution is 2.28. The molecule has 2 atom stereocenters. The van der Waals surface area contributed by atoms with Crippen LogP contribution in [-0.4, -0.2) is 41.7 Å². The Labute approximate surface area is 108 Å². The first-order valence-electron chi connectivity index (χ1n) is 6.67. The summed E-state index contributed by atoms with van der Waals surface area (Å²) in [4.78, 5) is 10.9. The van der Waals surface area contributed by atoms with E-state index in [1.807, 2.05) is 6.07 Å². The molecule has 1 N–H and O–H groups in total. The highest BCUT2D eigenvalue weighted by Gasteiger charge is 2.38. The van der Waals surface area contributed by atoms with Crippen LogP contribution >= 0.6 is 0 Å². The Balaban J connectivity index is 1.71. The number of aromatic nitrogens is 2. The van der Waals surface area contributed by atoms with Crippen molar-refractivity contribution in [2.45, 2.75) is 32.4 Å². The Morgan fingerprint density at radius 1 is 1.50 bits per heavy atom. The van der Waals surface area contributed by atoms with Gasteiger partial charge >= 0.3 is 0 Å². The first-order valence-corrected chi connectivity index (χ1v) is 6.67. The summed E-state index contributed by atoms with van der Waals surface area (Å²) in [5.74, 6) is 2.19. The Bertz CT molecular complexity index is 423. The molecule has 2 aliphatic rings. The quantitative estimate of drug-likeness (QED) is 0.863. The molecule has 2 fully saturated rings. The smallest absolute Gasteiger partial charge is 0.218 e. The number of rotatable bonds is 4. The molecule has 3 rings (SSSR count). The first-order chi connectivity index (χ1) is 8.72. The second kappa shape index (κ2) is 4.72. The van der Waals surface area contributed by atoms with E-state index in [9.17, 15) is 0 Å². The fourth-order valence-corrected chi connectivity index (χ4v) is 2.66.